The van der Waals surface area contributed by atoms with Crippen molar-refractivity contribution < 1.29 is 23.7 Å². The summed E-state index contributed by atoms with van der Waals surface area (Å²) in [7, 11) is 0. The fraction of sp³-hybridized carbons (Fsp3) is 0.190. The van der Waals surface area contributed by atoms with Crippen LogP contribution in [0.15, 0.2) is 45.8 Å². The molecular weight excluding hydrogens is 348 g/mol. The topological polar surface area (TPSA) is 78.1 Å². The number of phenols is 1. The van der Waals surface area contributed by atoms with E-state index in [9.17, 15) is 9.90 Å². The van der Waals surface area contributed by atoms with Crippen molar-refractivity contribution in [2.75, 3.05) is 6.79 Å². The molecule has 3 heterocycles. The van der Waals surface area contributed by atoms with Gasteiger partial charge in [-0.05, 0) is 43.7 Å². The average Bonchev–Trinajstić information content (AvgIpc) is 3.08. The zero-order valence-electron chi connectivity index (χ0n) is 14.7. The number of ether oxygens (including phenoxy) is 3. The zero-order chi connectivity index (χ0) is 18.8. The van der Waals surface area contributed by atoms with Crippen molar-refractivity contribution in [1.82, 2.24) is 0 Å². The first-order chi connectivity index (χ1) is 12.9. The van der Waals surface area contributed by atoms with Crippen LogP contribution in [-0.4, -0.2) is 17.5 Å². The molecule has 0 saturated carbocycles. The number of phenolic OH excluding ortho intramolecular Hbond substituents is 1. The Kier molecular flexibility index (Phi) is 3.10. The highest BCUT2D eigenvalue weighted by Gasteiger charge is 2.27. The highest BCUT2D eigenvalue weighted by atomic mass is 16.7. The Balaban J connectivity index is 1.73. The van der Waals surface area contributed by atoms with Gasteiger partial charge < -0.3 is 23.7 Å². The molecule has 3 aromatic rings. The maximum Gasteiger partial charge on any atom is 0.231 e. The Labute approximate surface area is 154 Å². The lowest BCUT2D eigenvalue weighted by Gasteiger charge is -2.28. The van der Waals surface area contributed by atoms with Crippen LogP contribution in [-0.2, 0) is 0 Å². The van der Waals surface area contributed by atoms with Crippen LogP contribution in [0.5, 0.6) is 23.0 Å². The van der Waals surface area contributed by atoms with Gasteiger partial charge in [0.1, 0.15) is 28.7 Å². The van der Waals surface area contributed by atoms with E-state index in [4.69, 9.17) is 18.6 Å². The summed E-state index contributed by atoms with van der Waals surface area (Å²) in [5.74, 6) is 1.50. The van der Waals surface area contributed by atoms with Crippen molar-refractivity contribution in [2.45, 2.75) is 19.4 Å². The molecule has 0 atom stereocenters. The summed E-state index contributed by atoms with van der Waals surface area (Å²) in [6, 6.07) is 6.68. The molecule has 2 aliphatic rings. The molecule has 0 radical (unpaired) electrons. The fourth-order valence-electron chi connectivity index (χ4n) is 3.39. The van der Waals surface area contributed by atoms with E-state index < -0.39 is 5.60 Å². The minimum absolute atomic E-state index is 0.122. The van der Waals surface area contributed by atoms with Crippen molar-refractivity contribution in [1.29, 1.82) is 0 Å². The quantitative estimate of drug-likeness (QED) is 0.701. The molecule has 1 N–H and O–H groups in total. The minimum Gasteiger partial charge on any atom is -0.507 e. The van der Waals surface area contributed by atoms with Crippen LogP contribution in [0.2, 0.25) is 0 Å². The van der Waals surface area contributed by atoms with E-state index in [2.05, 4.69) is 0 Å². The van der Waals surface area contributed by atoms with E-state index in [0.717, 1.165) is 0 Å². The van der Waals surface area contributed by atoms with Crippen LogP contribution in [0, 0.1) is 0 Å². The van der Waals surface area contributed by atoms with Gasteiger partial charge in [-0.3, -0.25) is 4.79 Å². The van der Waals surface area contributed by atoms with E-state index in [1.165, 1.54) is 12.3 Å². The summed E-state index contributed by atoms with van der Waals surface area (Å²) >= 11 is 0. The standard InChI is InChI=1S/C21H16O6/c1-21(2)6-5-12-16(27-21)8-14(22)18-19(23)13(9-24-20(12)18)11-3-4-15-17(7-11)26-10-25-15/h3-9,22H,10H2,1-2H3. The summed E-state index contributed by atoms with van der Waals surface area (Å²) in [4.78, 5) is 13.1. The van der Waals surface area contributed by atoms with E-state index in [1.54, 1.807) is 18.2 Å². The number of aromatic hydroxyl groups is 1. The van der Waals surface area contributed by atoms with Gasteiger partial charge in [-0.25, -0.2) is 0 Å². The number of hydrogen-bond acceptors (Lipinski definition) is 6. The fourth-order valence-corrected chi connectivity index (χ4v) is 3.39. The molecule has 0 fully saturated rings. The molecule has 2 aromatic carbocycles. The number of benzene rings is 2. The van der Waals surface area contributed by atoms with Crippen LogP contribution >= 0.6 is 0 Å². The van der Waals surface area contributed by atoms with Crippen molar-refractivity contribution in [3.05, 3.63) is 52.4 Å². The molecular formula is C21H16O6. The maximum absolute atomic E-state index is 13.1. The van der Waals surface area contributed by atoms with E-state index in [0.29, 0.717) is 39.5 Å². The monoisotopic (exact) mass is 364 g/mol. The average molecular weight is 364 g/mol. The second-order valence-electron chi connectivity index (χ2n) is 7.10. The summed E-state index contributed by atoms with van der Waals surface area (Å²) < 4.78 is 22.3. The Morgan fingerprint density at radius 2 is 1.89 bits per heavy atom. The second-order valence-corrected chi connectivity index (χ2v) is 7.10. The molecule has 5 rings (SSSR count). The predicted molar refractivity (Wildman–Crippen MR) is 99.4 cm³/mol. The van der Waals surface area contributed by atoms with Crippen molar-refractivity contribution in [3.8, 4) is 34.1 Å². The van der Waals surface area contributed by atoms with Crippen LogP contribution in [0.3, 0.4) is 0 Å². The molecule has 0 aliphatic carbocycles. The number of hydrogen-bond donors (Lipinski definition) is 1. The highest BCUT2D eigenvalue weighted by molar-refractivity contribution is 5.95. The largest absolute Gasteiger partial charge is 0.507 e. The lowest BCUT2D eigenvalue weighted by Crippen LogP contribution is -2.27. The molecule has 27 heavy (non-hydrogen) atoms. The first kappa shape index (κ1) is 15.8. The van der Waals surface area contributed by atoms with Crippen molar-refractivity contribution in [2.24, 2.45) is 0 Å². The Morgan fingerprint density at radius 3 is 2.74 bits per heavy atom. The molecule has 0 spiro atoms. The molecule has 6 heteroatoms. The summed E-state index contributed by atoms with van der Waals surface area (Å²) in [5, 5.41) is 10.6. The van der Waals surface area contributed by atoms with Crippen LogP contribution in [0.4, 0.5) is 0 Å². The molecule has 1 aromatic heterocycles. The third-order valence-electron chi connectivity index (χ3n) is 4.74. The first-order valence-corrected chi connectivity index (χ1v) is 8.53. The third-order valence-corrected chi connectivity index (χ3v) is 4.74. The summed E-state index contributed by atoms with van der Waals surface area (Å²) in [5.41, 5.74) is 1.06. The maximum atomic E-state index is 13.1. The number of rotatable bonds is 1. The third kappa shape index (κ3) is 2.37. The number of fused-ring (bicyclic) bond motifs is 4. The van der Waals surface area contributed by atoms with E-state index in [-0.39, 0.29) is 23.4 Å². The lowest BCUT2D eigenvalue weighted by molar-refractivity contribution is 0.158. The van der Waals surface area contributed by atoms with Gasteiger partial charge in [0, 0.05) is 6.07 Å². The predicted octanol–water partition coefficient (Wildman–Crippen LogP) is 4.08. The summed E-state index contributed by atoms with van der Waals surface area (Å²) in [6.45, 7) is 3.97. The first-order valence-electron chi connectivity index (χ1n) is 8.53. The molecule has 0 amide bonds. The van der Waals surface area contributed by atoms with Gasteiger partial charge in [0.25, 0.3) is 0 Å². The SMILES string of the molecule is CC1(C)C=Cc2c(cc(O)c3c(=O)c(-c4ccc5c(c4)OCO5)coc23)O1. The van der Waals surface area contributed by atoms with Gasteiger partial charge in [0.15, 0.2) is 17.1 Å². The molecule has 0 bridgehead atoms. The van der Waals surface area contributed by atoms with Gasteiger partial charge in [-0.2, -0.15) is 0 Å². The Bertz CT molecular complexity index is 1190. The van der Waals surface area contributed by atoms with Gasteiger partial charge in [-0.15, -0.1) is 0 Å². The van der Waals surface area contributed by atoms with Gasteiger partial charge >= 0.3 is 0 Å². The smallest absolute Gasteiger partial charge is 0.231 e. The highest BCUT2D eigenvalue weighted by Crippen LogP contribution is 2.41. The van der Waals surface area contributed by atoms with Crippen molar-refractivity contribution in [3.63, 3.8) is 0 Å². The van der Waals surface area contributed by atoms with Crippen LogP contribution in [0.25, 0.3) is 28.2 Å². The molecule has 6 nitrogen and oxygen atoms in total. The molecule has 136 valence electrons. The Morgan fingerprint density at radius 1 is 1.07 bits per heavy atom. The van der Waals surface area contributed by atoms with E-state index >= 15 is 0 Å². The van der Waals surface area contributed by atoms with Gasteiger partial charge in [0.05, 0.1) is 11.1 Å². The van der Waals surface area contributed by atoms with Gasteiger partial charge in [-0.1, -0.05) is 6.07 Å². The van der Waals surface area contributed by atoms with Crippen LogP contribution < -0.4 is 19.6 Å². The lowest BCUT2D eigenvalue weighted by atomic mass is 9.98. The molecule has 2 aliphatic heterocycles. The van der Waals surface area contributed by atoms with E-state index in [1.807, 2.05) is 26.0 Å². The minimum atomic E-state index is -0.500. The molecule has 0 unspecified atom stereocenters. The second kappa shape index (κ2) is 5.30. The molecule has 0 saturated heterocycles. The van der Waals surface area contributed by atoms with Crippen molar-refractivity contribution >= 4 is 17.0 Å². The van der Waals surface area contributed by atoms with Crippen LogP contribution in [0.1, 0.15) is 19.4 Å². The summed E-state index contributed by atoms with van der Waals surface area (Å²) in [6.07, 6.45) is 5.14. The van der Waals surface area contributed by atoms with Gasteiger partial charge in [0.2, 0.25) is 12.2 Å². The Hall–Kier alpha value is -3.41. The normalized spacial score (nSPS) is 16.2. The zero-order valence-corrected chi connectivity index (χ0v) is 14.7.